The number of hydrogen-bond donors (Lipinski definition) is 1. The highest BCUT2D eigenvalue weighted by Gasteiger charge is 2.18. The topological polar surface area (TPSA) is 20.2 Å². The Balaban J connectivity index is 3.34. The van der Waals surface area contributed by atoms with E-state index in [2.05, 4.69) is 13.8 Å². The lowest BCUT2D eigenvalue weighted by molar-refractivity contribution is 0.0366. The van der Waals surface area contributed by atoms with Crippen molar-refractivity contribution in [3.63, 3.8) is 0 Å². The Kier molecular flexibility index (Phi) is 15.8. The van der Waals surface area contributed by atoms with Gasteiger partial charge in [-0.1, -0.05) is 110 Å². The normalized spacial score (nSPS) is 14.2. The molecule has 1 atom stereocenters. The molecule has 22 heavy (non-hydrogen) atoms. The van der Waals surface area contributed by atoms with Gasteiger partial charge < -0.3 is 5.11 Å². The highest BCUT2D eigenvalue weighted by molar-refractivity contribution is 4.72. The molecule has 0 saturated carbocycles. The number of aliphatic hydroxyl groups is 1. The highest BCUT2D eigenvalue weighted by Crippen LogP contribution is 2.22. The summed E-state index contributed by atoms with van der Waals surface area (Å²) in [6.07, 6.45) is 22.1. The molecule has 0 saturated heterocycles. The van der Waals surface area contributed by atoms with Crippen molar-refractivity contribution in [2.45, 2.75) is 136 Å². The van der Waals surface area contributed by atoms with Crippen molar-refractivity contribution in [2.24, 2.45) is 0 Å². The molecule has 1 nitrogen and oxygen atoms in total. The summed E-state index contributed by atoms with van der Waals surface area (Å²) >= 11 is 0. The van der Waals surface area contributed by atoms with E-state index in [0.717, 1.165) is 12.8 Å². The molecule has 1 heteroatoms. The van der Waals surface area contributed by atoms with Gasteiger partial charge in [-0.2, -0.15) is 0 Å². The van der Waals surface area contributed by atoms with Gasteiger partial charge in [0.05, 0.1) is 5.60 Å². The lowest BCUT2D eigenvalue weighted by Crippen LogP contribution is -2.23. The Morgan fingerprint density at radius 2 is 0.773 bits per heavy atom. The first-order chi connectivity index (χ1) is 10.6. The molecular formula is C21H44O. The van der Waals surface area contributed by atoms with Crippen LogP contribution in [0.2, 0.25) is 0 Å². The van der Waals surface area contributed by atoms with Crippen LogP contribution in [0.4, 0.5) is 0 Å². The van der Waals surface area contributed by atoms with Crippen molar-refractivity contribution in [3.05, 3.63) is 0 Å². The summed E-state index contributed by atoms with van der Waals surface area (Å²) in [5, 5.41) is 10.4. The molecule has 0 spiro atoms. The summed E-state index contributed by atoms with van der Waals surface area (Å²) in [5.41, 5.74) is -0.411. The average Bonchev–Trinajstić information content (AvgIpc) is 2.49. The lowest BCUT2D eigenvalue weighted by Gasteiger charge is -2.23. The molecule has 134 valence electrons. The van der Waals surface area contributed by atoms with Crippen molar-refractivity contribution >= 4 is 0 Å². The van der Waals surface area contributed by atoms with Crippen LogP contribution >= 0.6 is 0 Å². The molecule has 0 radical (unpaired) electrons. The van der Waals surface area contributed by atoms with Crippen molar-refractivity contribution in [3.8, 4) is 0 Å². The first-order valence-electron chi connectivity index (χ1n) is 10.3. The third kappa shape index (κ3) is 16.3. The van der Waals surface area contributed by atoms with Crippen molar-refractivity contribution in [1.29, 1.82) is 0 Å². The van der Waals surface area contributed by atoms with Gasteiger partial charge in [-0.25, -0.2) is 0 Å². The quantitative estimate of drug-likeness (QED) is 0.277. The number of hydrogen-bond acceptors (Lipinski definition) is 1. The summed E-state index contributed by atoms with van der Waals surface area (Å²) in [7, 11) is 0. The van der Waals surface area contributed by atoms with Crippen LogP contribution in [0.3, 0.4) is 0 Å². The van der Waals surface area contributed by atoms with E-state index in [9.17, 15) is 5.11 Å². The van der Waals surface area contributed by atoms with Crippen LogP contribution in [0, 0.1) is 0 Å². The Labute approximate surface area is 141 Å². The fourth-order valence-corrected chi connectivity index (χ4v) is 3.23. The number of unbranched alkanes of at least 4 members (excludes halogenated alkanes) is 13. The van der Waals surface area contributed by atoms with E-state index in [1.54, 1.807) is 0 Å². The van der Waals surface area contributed by atoms with Crippen molar-refractivity contribution in [2.75, 3.05) is 0 Å². The third-order valence-electron chi connectivity index (χ3n) is 4.89. The highest BCUT2D eigenvalue weighted by atomic mass is 16.3. The van der Waals surface area contributed by atoms with E-state index in [1.165, 1.54) is 96.3 Å². The van der Waals surface area contributed by atoms with E-state index in [-0.39, 0.29) is 0 Å². The van der Waals surface area contributed by atoms with E-state index in [4.69, 9.17) is 0 Å². The molecule has 0 aromatic carbocycles. The summed E-state index contributed by atoms with van der Waals surface area (Å²) in [6, 6.07) is 0. The number of rotatable bonds is 17. The fraction of sp³-hybridized carbons (Fsp3) is 1.00. The van der Waals surface area contributed by atoms with Gasteiger partial charge in [0.25, 0.3) is 0 Å². The van der Waals surface area contributed by atoms with Gasteiger partial charge in [-0.05, 0) is 19.8 Å². The van der Waals surface area contributed by atoms with Crippen LogP contribution in [0.15, 0.2) is 0 Å². The maximum absolute atomic E-state index is 10.4. The van der Waals surface area contributed by atoms with Crippen LogP contribution in [-0.2, 0) is 0 Å². The molecule has 0 fully saturated rings. The second-order valence-corrected chi connectivity index (χ2v) is 7.59. The Bertz CT molecular complexity index is 210. The summed E-state index contributed by atoms with van der Waals surface area (Å²) < 4.78 is 0. The maximum atomic E-state index is 10.4. The molecule has 0 aromatic rings. The van der Waals surface area contributed by atoms with Crippen molar-refractivity contribution < 1.29 is 5.11 Å². The predicted molar refractivity (Wildman–Crippen MR) is 100 cm³/mol. The van der Waals surface area contributed by atoms with E-state index >= 15 is 0 Å². The first-order valence-corrected chi connectivity index (χ1v) is 10.3. The van der Waals surface area contributed by atoms with Gasteiger partial charge in [-0.15, -0.1) is 0 Å². The standard InChI is InChI=1S/C21H44O/c1-4-6-8-10-12-14-16-18-20-21(3,22)19-17-15-13-11-9-7-5-2/h22H,4-20H2,1-3H3. The minimum absolute atomic E-state index is 0.411. The van der Waals surface area contributed by atoms with Crippen LogP contribution in [0.25, 0.3) is 0 Å². The van der Waals surface area contributed by atoms with Crippen LogP contribution in [0.1, 0.15) is 130 Å². The summed E-state index contributed by atoms with van der Waals surface area (Å²) in [5.74, 6) is 0. The summed E-state index contributed by atoms with van der Waals surface area (Å²) in [4.78, 5) is 0. The first kappa shape index (κ1) is 22.0. The zero-order chi connectivity index (χ0) is 16.5. The van der Waals surface area contributed by atoms with Crippen LogP contribution in [0.5, 0.6) is 0 Å². The van der Waals surface area contributed by atoms with E-state index < -0.39 is 5.60 Å². The van der Waals surface area contributed by atoms with E-state index in [0.29, 0.717) is 0 Å². The third-order valence-corrected chi connectivity index (χ3v) is 4.89. The SMILES string of the molecule is CCCCCCCCCCC(C)(O)CCCCCCCCC. The Morgan fingerprint density at radius 1 is 0.500 bits per heavy atom. The van der Waals surface area contributed by atoms with Gasteiger partial charge in [0.15, 0.2) is 0 Å². The molecule has 0 bridgehead atoms. The predicted octanol–water partition coefficient (Wildman–Crippen LogP) is 7.41. The molecule has 0 aromatic heterocycles. The zero-order valence-corrected chi connectivity index (χ0v) is 16.0. The molecule has 0 amide bonds. The Hall–Kier alpha value is -0.0400. The van der Waals surface area contributed by atoms with Crippen molar-refractivity contribution in [1.82, 2.24) is 0 Å². The molecule has 0 aliphatic rings. The molecule has 0 rings (SSSR count). The lowest BCUT2D eigenvalue weighted by atomic mass is 9.91. The van der Waals surface area contributed by atoms with E-state index in [1.807, 2.05) is 6.92 Å². The molecule has 0 aliphatic carbocycles. The Morgan fingerprint density at radius 3 is 1.09 bits per heavy atom. The zero-order valence-electron chi connectivity index (χ0n) is 16.0. The monoisotopic (exact) mass is 312 g/mol. The summed E-state index contributed by atoms with van der Waals surface area (Å²) in [6.45, 7) is 6.58. The smallest absolute Gasteiger partial charge is 0.0619 e. The second-order valence-electron chi connectivity index (χ2n) is 7.59. The molecule has 0 heterocycles. The van der Waals surface area contributed by atoms with Gasteiger partial charge in [0.1, 0.15) is 0 Å². The minimum Gasteiger partial charge on any atom is -0.390 e. The van der Waals surface area contributed by atoms with Gasteiger partial charge in [0, 0.05) is 0 Å². The molecule has 1 unspecified atom stereocenters. The molecule has 0 aliphatic heterocycles. The second kappa shape index (κ2) is 15.8. The van der Waals surface area contributed by atoms with Gasteiger partial charge >= 0.3 is 0 Å². The average molecular weight is 313 g/mol. The maximum Gasteiger partial charge on any atom is 0.0619 e. The van der Waals surface area contributed by atoms with Gasteiger partial charge in [0.2, 0.25) is 0 Å². The van der Waals surface area contributed by atoms with Crippen LogP contribution in [-0.4, -0.2) is 10.7 Å². The van der Waals surface area contributed by atoms with Gasteiger partial charge in [-0.3, -0.25) is 0 Å². The molecular weight excluding hydrogens is 268 g/mol. The fourth-order valence-electron chi connectivity index (χ4n) is 3.23. The molecule has 1 N–H and O–H groups in total. The minimum atomic E-state index is -0.411. The van der Waals surface area contributed by atoms with Crippen LogP contribution < -0.4 is 0 Å². The largest absolute Gasteiger partial charge is 0.390 e.